The highest BCUT2D eigenvalue weighted by molar-refractivity contribution is 5.71. The molecule has 0 aliphatic heterocycles. The second-order valence-corrected chi connectivity index (χ2v) is 22.0. The minimum atomic E-state index is -0.820. The second-order valence-electron chi connectivity index (χ2n) is 22.0. The largest absolute Gasteiger partial charge is 0.462 e. The van der Waals surface area contributed by atoms with Gasteiger partial charge in [0.1, 0.15) is 13.2 Å². The first-order valence-corrected chi connectivity index (χ1v) is 34.0. The van der Waals surface area contributed by atoms with E-state index < -0.39 is 6.10 Å². The van der Waals surface area contributed by atoms with Crippen molar-refractivity contribution in [1.82, 2.24) is 0 Å². The summed E-state index contributed by atoms with van der Waals surface area (Å²) in [4.78, 5) is 38.4. The van der Waals surface area contributed by atoms with Gasteiger partial charge in [0.2, 0.25) is 0 Å². The molecular weight excluding hydrogens is 1020 g/mol. The lowest BCUT2D eigenvalue weighted by Gasteiger charge is -2.18. The van der Waals surface area contributed by atoms with Crippen molar-refractivity contribution in [3.8, 4) is 0 Å². The van der Waals surface area contributed by atoms with Gasteiger partial charge in [-0.3, -0.25) is 14.4 Å². The van der Waals surface area contributed by atoms with Crippen molar-refractivity contribution in [2.24, 2.45) is 0 Å². The van der Waals surface area contributed by atoms with E-state index in [9.17, 15) is 14.4 Å². The van der Waals surface area contributed by atoms with Crippen LogP contribution in [0.3, 0.4) is 0 Å². The minimum absolute atomic E-state index is 0.107. The van der Waals surface area contributed by atoms with E-state index in [1.807, 2.05) is 0 Å². The molecule has 0 aromatic carbocycles. The zero-order valence-electron chi connectivity index (χ0n) is 53.7. The monoisotopic (exact) mass is 1140 g/mol. The minimum Gasteiger partial charge on any atom is -0.462 e. The van der Waals surface area contributed by atoms with Gasteiger partial charge in [-0.1, -0.05) is 307 Å². The quantitative estimate of drug-likeness (QED) is 0.0261. The average molecular weight is 1150 g/mol. The van der Waals surface area contributed by atoms with Gasteiger partial charge in [0.15, 0.2) is 6.10 Å². The van der Waals surface area contributed by atoms with Gasteiger partial charge in [0, 0.05) is 19.3 Å². The number of unbranched alkanes of at least 4 members (excludes halogenated alkanes) is 23. The van der Waals surface area contributed by atoms with Gasteiger partial charge in [0.25, 0.3) is 0 Å². The van der Waals surface area contributed by atoms with E-state index in [0.29, 0.717) is 19.3 Å². The Bertz CT molecular complexity index is 1840. The van der Waals surface area contributed by atoms with E-state index in [1.54, 1.807) is 0 Å². The van der Waals surface area contributed by atoms with Crippen LogP contribution in [0.15, 0.2) is 158 Å². The van der Waals surface area contributed by atoms with Crippen LogP contribution in [0.25, 0.3) is 0 Å². The maximum Gasteiger partial charge on any atom is 0.306 e. The Hall–Kier alpha value is -4.97. The molecule has 0 bridgehead atoms. The Morgan fingerprint density at radius 3 is 0.771 bits per heavy atom. The Kier molecular flexibility index (Phi) is 65.4. The Balaban J connectivity index is 4.48. The number of ether oxygens (including phenoxy) is 3. The maximum atomic E-state index is 12.9. The molecule has 0 radical (unpaired) electrons. The van der Waals surface area contributed by atoms with Gasteiger partial charge in [-0.05, 0) is 122 Å². The van der Waals surface area contributed by atoms with Crippen molar-refractivity contribution in [3.05, 3.63) is 158 Å². The topological polar surface area (TPSA) is 78.9 Å². The molecule has 0 heterocycles. The van der Waals surface area contributed by atoms with Crippen LogP contribution < -0.4 is 0 Å². The number of rotatable bonds is 60. The lowest BCUT2D eigenvalue weighted by atomic mass is 10.0. The summed E-state index contributed by atoms with van der Waals surface area (Å²) in [6.07, 6.45) is 101. The molecule has 0 aromatic heterocycles. The van der Waals surface area contributed by atoms with Crippen molar-refractivity contribution in [3.63, 3.8) is 0 Å². The maximum absolute atomic E-state index is 12.9. The predicted octanol–water partition coefficient (Wildman–Crippen LogP) is 23.7. The highest BCUT2D eigenvalue weighted by atomic mass is 16.6. The summed E-state index contributed by atoms with van der Waals surface area (Å²) in [5, 5.41) is 0. The summed E-state index contributed by atoms with van der Waals surface area (Å²) in [5.74, 6) is -0.973. The number of carbonyl (C=O) groups is 3. The molecule has 1 unspecified atom stereocenters. The van der Waals surface area contributed by atoms with Crippen LogP contribution in [-0.4, -0.2) is 37.2 Å². The Morgan fingerprint density at radius 1 is 0.253 bits per heavy atom. The number of hydrogen-bond donors (Lipinski definition) is 0. The molecule has 468 valence electrons. The molecule has 0 amide bonds. The van der Waals surface area contributed by atoms with Crippen LogP contribution in [0.2, 0.25) is 0 Å². The molecule has 0 saturated heterocycles. The summed E-state index contributed by atoms with van der Waals surface area (Å²) in [6, 6.07) is 0. The number of carbonyl (C=O) groups excluding carboxylic acids is 3. The van der Waals surface area contributed by atoms with Gasteiger partial charge < -0.3 is 14.2 Å². The Morgan fingerprint density at radius 2 is 0.482 bits per heavy atom. The highest BCUT2D eigenvalue weighted by Crippen LogP contribution is 2.16. The second kappa shape index (κ2) is 69.5. The summed E-state index contributed by atoms with van der Waals surface area (Å²) in [5.41, 5.74) is 0. The molecule has 0 saturated carbocycles. The van der Waals surface area contributed by atoms with Gasteiger partial charge in [-0.15, -0.1) is 0 Å². The molecular formula is C77H124O6. The van der Waals surface area contributed by atoms with Gasteiger partial charge in [0.05, 0.1) is 0 Å². The summed E-state index contributed by atoms with van der Waals surface area (Å²) in [6.45, 7) is 6.37. The van der Waals surface area contributed by atoms with Crippen molar-refractivity contribution in [2.45, 2.75) is 297 Å². The van der Waals surface area contributed by atoms with Gasteiger partial charge >= 0.3 is 17.9 Å². The van der Waals surface area contributed by atoms with Crippen LogP contribution in [0, 0.1) is 0 Å². The van der Waals surface area contributed by atoms with Crippen LogP contribution >= 0.6 is 0 Å². The van der Waals surface area contributed by atoms with Crippen molar-refractivity contribution in [2.75, 3.05) is 13.2 Å². The number of allylic oxidation sites excluding steroid dienone is 26. The Labute approximate surface area is 511 Å². The third kappa shape index (κ3) is 67.7. The third-order valence-corrected chi connectivity index (χ3v) is 14.0. The first-order valence-electron chi connectivity index (χ1n) is 34.0. The average Bonchev–Trinajstić information content (AvgIpc) is 3.50. The lowest BCUT2D eigenvalue weighted by molar-refractivity contribution is -0.167. The molecule has 0 aliphatic carbocycles. The molecule has 1 atom stereocenters. The zero-order chi connectivity index (χ0) is 59.9. The SMILES string of the molecule is CC/C=C\C/C=C\C/C=C\C/C=C\C/C=C\C/C=C\C/C=C\CCCC(=O)OC(COC(=O)CCCCCCCCCC/C=C\C/C=C\C/C=C\C/C=C\C/C=C\C/C=C\CC)COC(=O)CCCCCCCCCCCCCCCCC. The molecule has 0 N–H and O–H groups in total. The fourth-order valence-corrected chi connectivity index (χ4v) is 9.02. The lowest BCUT2D eigenvalue weighted by Crippen LogP contribution is -2.30. The fraction of sp³-hybridized carbons (Fsp3) is 0.623. The van der Waals surface area contributed by atoms with E-state index in [0.717, 1.165) is 135 Å². The third-order valence-electron chi connectivity index (χ3n) is 14.0. The standard InChI is InChI=1S/C77H124O6/c1-4-7-10-13-16-19-22-25-28-30-32-34-36-37-38-39-41-42-44-46-49-52-55-58-61-64-67-70-76(79)82-73-74(72-81-75(78)69-66-63-60-57-54-51-48-27-24-21-18-15-12-9-6-3)83-77(80)71-68-65-62-59-56-53-50-47-45-43-40-35-33-31-29-26-23-20-17-14-11-8-5-2/h7-8,10-11,16-17,19-20,25-26,28-29,32-35,37-38,41-43,45,50,53,59,62,74H,4-6,9,12-15,18,21-24,27,30-31,36,39-40,44,46-49,51-52,54-58,60-61,63-73H2,1-3H3/b10-7-,11-8-,19-16-,20-17-,28-25-,29-26-,34-32-,35-33-,38-37-,42-41-,45-43-,53-50-,62-59-. The van der Waals surface area contributed by atoms with Crippen LogP contribution in [0.5, 0.6) is 0 Å². The van der Waals surface area contributed by atoms with E-state index in [2.05, 4.69) is 179 Å². The van der Waals surface area contributed by atoms with E-state index in [4.69, 9.17) is 14.2 Å². The summed E-state index contributed by atoms with van der Waals surface area (Å²) >= 11 is 0. The predicted molar refractivity (Wildman–Crippen MR) is 362 cm³/mol. The van der Waals surface area contributed by atoms with Crippen molar-refractivity contribution >= 4 is 17.9 Å². The normalized spacial score (nSPS) is 13.1. The fourth-order valence-electron chi connectivity index (χ4n) is 9.02. The first kappa shape index (κ1) is 78.0. The van der Waals surface area contributed by atoms with Crippen molar-refractivity contribution < 1.29 is 28.6 Å². The van der Waals surface area contributed by atoms with Crippen molar-refractivity contribution in [1.29, 1.82) is 0 Å². The smallest absolute Gasteiger partial charge is 0.306 e. The molecule has 0 aliphatic rings. The van der Waals surface area contributed by atoms with Crippen LogP contribution in [0.4, 0.5) is 0 Å². The zero-order valence-corrected chi connectivity index (χ0v) is 53.7. The molecule has 83 heavy (non-hydrogen) atoms. The summed E-state index contributed by atoms with van der Waals surface area (Å²) in [7, 11) is 0. The van der Waals surface area contributed by atoms with Gasteiger partial charge in [-0.25, -0.2) is 0 Å². The number of hydrogen-bond acceptors (Lipinski definition) is 6. The van der Waals surface area contributed by atoms with Gasteiger partial charge in [-0.2, -0.15) is 0 Å². The molecule has 0 rings (SSSR count). The van der Waals surface area contributed by atoms with Crippen LogP contribution in [0.1, 0.15) is 290 Å². The summed E-state index contributed by atoms with van der Waals surface area (Å²) < 4.78 is 16.9. The first-order chi connectivity index (χ1) is 41.0. The molecule has 0 spiro atoms. The number of esters is 3. The molecule has 6 heteroatoms. The molecule has 0 fully saturated rings. The highest BCUT2D eigenvalue weighted by Gasteiger charge is 2.19. The van der Waals surface area contributed by atoms with E-state index in [1.165, 1.54) is 109 Å². The van der Waals surface area contributed by atoms with E-state index >= 15 is 0 Å². The van der Waals surface area contributed by atoms with Crippen LogP contribution in [-0.2, 0) is 28.6 Å². The molecule has 6 nitrogen and oxygen atoms in total. The van der Waals surface area contributed by atoms with E-state index in [-0.39, 0.29) is 37.5 Å². The molecule has 0 aromatic rings.